The molecule has 0 N–H and O–H groups in total. The third kappa shape index (κ3) is 1.29. The summed E-state index contributed by atoms with van der Waals surface area (Å²) in [5, 5.41) is 0. The van der Waals surface area contributed by atoms with Gasteiger partial charge in [-0.1, -0.05) is 0 Å². The summed E-state index contributed by atoms with van der Waals surface area (Å²) in [6, 6.07) is 4.30. The molecule has 1 saturated heterocycles. The van der Waals surface area contributed by atoms with Gasteiger partial charge < -0.3 is 4.90 Å². The zero-order chi connectivity index (χ0) is 9.60. The first kappa shape index (κ1) is 8.27. The Bertz CT molecular complexity index is 338. The van der Waals surface area contributed by atoms with E-state index in [-0.39, 0.29) is 0 Å². The lowest BCUT2D eigenvalue weighted by Gasteiger charge is -2.17. The molecule has 0 aromatic carbocycles. The Kier molecular flexibility index (Phi) is 1.61. The number of pyridine rings is 1. The van der Waals surface area contributed by atoms with E-state index in [2.05, 4.69) is 22.0 Å². The van der Waals surface area contributed by atoms with Crippen molar-refractivity contribution in [3.63, 3.8) is 0 Å². The van der Waals surface area contributed by atoms with Crippen molar-refractivity contribution in [1.29, 1.82) is 0 Å². The SMILES string of the molecule is Cc1ccc(N2CCC3(CC3)C2)cn1. The molecular weight excluding hydrogens is 172 g/mol. The van der Waals surface area contributed by atoms with Crippen LogP contribution in [0.1, 0.15) is 25.0 Å². The molecule has 3 rings (SSSR count). The zero-order valence-corrected chi connectivity index (χ0v) is 8.66. The molecule has 0 atom stereocenters. The average Bonchev–Trinajstić information content (AvgIpc) is 2.79. The number of hydrogen-bond donors (Lipinski definition) is 0. The van der Waals surface area contributed by atoms with Gasteiger partial charge in [0.1, 0.15) is 0 Å². The molecule has 1 aromatic rings. The second-order valence-electron chi connectivity index (χ2n) is 4.83. The van der Waals surface area contributed by atoms with Crippen molar-refractivity contribution >= 4 is 5.69 Å². The van der Waals surface area contributed by atoms with Gasteiger partial charge in [0, 0.05) is 18.8 Å². The Labute approximate surface area is 85.0 Å². The maximum Gasteiger partial charge on any atom is 0.0553 e. The molecule has 2 nitrogen and oxygen atoms in total. The van der Waals surface area contributed by atoms with Crippen LogP contribution in [0.15, 0.2) is 18.3 Å². The topological polar surface area (TPSA) is 16.1 Å². The monoisotopic (exact) mass is 188 g/mol. The van der Waals surface area contributed by atoms with Gasteiger partial charge in [-0.05, 0) is 43.7 Å². The van der Waals surface area contributed by atoms with Gasteiger partial charge in [-0.15, -0.1) is 0 Å². The van der Waals surface area contributed by atoms with Crippen LogP contribution in [-0.2, 0) is 0 Å². The summed E-state index contributed by atoms with van der Waals surface area (Å²) in [5.74, 6) is 0. The van der Waals surface area contributed by atoms with E-state index in [4.69, 9.17) is 0 Å². The predicted molar refractivity (Wildman–Crippen MR) is 57.5 cm³/mol. The fourth-order valence-corrected chi connectivity index (χ4v) is 2.39. The van der Waals surface area contributed by atoms with Crippen molar-refractivity contribution in [2.45, 2.75) is 26.2 Å². The Morgan fingerprint density at radius 3 is 2.71 bits per heavy atom. The summed E-state index contributed by atoms with van der Waals surface area (Å²) >= 11 is 0. The molecule has 1 saturated carbocycles. The molecule has 2 heterocycles. The van der Waals surface area contributed by atoms with Crippen LogP contribution >= 0.6 is 0 Å². The highest BCUT2D eigenvalue weighted by atomic mass is 15.2. The van der Waals surface area contributed by atoms with Crippen LogP contribution in [0.3, 0.4) is 0 Å². The summed E-state index contributed by atoms with van der Waals surface area (Å²) < 4.78 is 0. The van der Waals surface area contributed by atoms with Gasteiger partial charge in [0.05, 0.1) is 11.9 Å². The Morgan fingerprint density at radius 2 is 2.14 bits per heavy atom. The van der Waals surface area contributed by atoms with Crippen LogP contribution in [0.25, 0.3) is 0 Å². The number of rotatable bonds is 1. The first-order valence-electron chi connectivity index (χ1n) is 5.45. The third-order valence-electron chi connectivity index (χ3n) is 3.66. The van der Waals surface area contributed by atoms with Gasteiger partial charge in [0.15, 0.2) is 0 Å². The van der Waals surface area contributed by atoms with Gasteiger partial charge in [-0.25, -0.2) is 0 Å². The summed E-state index contributed by atoms with van der Waals surface area (Å²) in [4.78, 5) is 6.84. The average molecular weight is 188 g/mol. The lowest BCUT2D eigenvalue weighted by Crippen LogP contribution is -2.19. The number of anilines is 1. The van der Waals surface area contributed by atoms with Crippen LogP contribution in [0, 0.1) is 12.3 Å². The quantitative estimate of drug-likeness (QED) is 0.672. The van der Waals surface area contributed by atoms with E-state index in [1.165, 1.54) is 38.0 Å². The Morgan fingerprint density at radius 1 is 1.29 bits per heavy atom. The zero-order valence-electron chi connectivity index (χ0n) is 8.66. The summed E-state index contributed by atoms with van der Waals surface area (Å²) in [6.07, 6.45) is 6.29. The maximum atomic E-state index is 4.35. The second kappa shape index (κ2) is 2.72. The smallest absolute Gasteiger partial charge is 0.0553 e. The Balaban J connectivity index is 1.79. The van der Waals surface area contributed by atoms with Crippen molar-refractivity contribution in [2.24, 2.45) is 5.41 Å². The molecular formula is C12H16N2. The van der Waals surface area contributed by atoms with Crippen LogP contribution in [0.5, 0.6) is 0 Å². The van der Waals surface area contributed by atoms with Crippen molar-refractivity contribution in [2.75, 3.05) is 18.0 Å². The fourth-order valence-electron chi connectivity index (χ4n) is 2.39. The van der Waals surface area contributed by atoms with Crippen molar-refractivity contribution in [1.82, 2.24) is 4.98 Å². The van der Waals surface area contributed by atoms with Crippen LogP contribution < -0.4 is 4.90 Å². The standard InChI is InChI=1S/C12H16N2/c1-10-2-3-11(8-13-10)14-7-6-12(9-14)4-5-12/h2-3,8H,4-7,9H2,1H3. The number of aryl methyl sites for hydroxylation is 1. The van der Waals surface area contributed by atoms with E-state index in [0.717, 1.165) is 5.69 Å². The largest absolute Gasteiger partial charge is 0.370 e. The van der Waals surface area contributed by atoms with E-state index in [1.54, 1.807) is 0 Å². The first-order chi connectivity index (χ1) is 6.77. The molecule has 74 valence electrons. The van der Waals surface area contributed by atoms with Crippen molar-refractivity contribution in [3.05, 3.63) is 24.0 Å². The first-order valence-corrected chi connectivity index (χ1v) is 5.45. The molecule has 1 spiro atoms. The van der Waals surface area contributed by atoms with E-state index in [9.17, 15) is 0 Å². The second-order valence-corrected chi connectivity index (χ2v) is 4.83. The maximum absolute atomic E-state index is 4.35. The van der Waals surface area contributed by atoms with Gasteiger partial charge >= 0.3 is 0 Å². The minimum atomic E-state index is 0.713. The molecule has 2 aliphatic rings. The highest BCUT2D eigenvalue weighted by Gasteiger charge is 2.47. The van der Waals surface area contributed by atoms with Gasteiger partial charge in [0.25, 0.3) is 0 Å². The number of nitrogens with zero attached hydrogens (tertiary/aromatic N) is 2. The minimum absolute atomic E-state index is 0.713. The highest BCUT2D eigenvalue weighted by Crippen LogP contribution is 2.53. The summed E-state index contributed by atoms with van der Waals surface area (Å²) in [5.41, 5.74) is 3.12. The van der Waals surface area contributed by atoms with Crippen molar-refractivity contribution in [3.8, 4) is 0 Å². The molecule has 2 heteroatoms. The minimum Gasteiger partial charge on any atom is -0.370 e. The lowest BCUT2D eigenvalue weighted by molar-refractivity contribution is 0.581. The molecule has 0 bridgehead atoms. The predicted octanol–water partition coefficient (Wildman–Crippen LogP) is 2.38. The van der Waals surface area contributed by atoms with E-state index < -0.39 is 0 Å². The fraction of sp³-hybridized carbons (Fsp3) is 0.583. The van der Waals surface area contributed by atoms with Gasteiger partial charge in [0.2, 0.25) is 0 Å². The molecule has 1 aliphatic carbocycles. The molecule has 0 radical (unpaired) electrons. The van der Waals surface area contributed by atoms with E-state index in [1.807, 2.05) is 13.1 Å². The van der Waals surface area contributed by atoms with Crippen LogP contribution in [0.2, 0.25) is 0 Å². The van der Waals surface area contributed by atoms with Gasteiger partial charge in [-0.2, -0.15) is 0 Å². The molecule has 1 aromatic heterocycles. The molecule has 0 unspecified atom stereocenters. The van der Waals surface area contributed by atoms with Crippen LogP contribution in [-0.4, -0.2) is 18.1 Å². The number of aromatic nitrogens is 1. The highest BCUT2D eigenvalue weighted by molar-refractivity contribution is 5.46. The molecule has 14 heavy (non-hydrogen) atoms. The summed E-state index contributed by atoms with van der Waals surface area (Å²) in [6.45, 7) is 4.53. The number of hydrogen-bond acceptors (Lipinski definition) is 2. The van der Waals surface area contributed by atoms with E-state index >= 15 is 0 Å². The molecule has 0 amide bonds. The Hall–Kier alpha value is -1.05. The lowest BCUT2D eigenvalue weighted by atomic mass is 10.1. The van der Waals surface area contributed by atoms with E-state index in [0.29, 0.717) is 5.41 Å². The van der Waals surface area contributed by atoms with Gasteiger partial charge in [-0.3, -0.25) is 4.98 Å². The molecule has 2 fully saturated rings. The molecule has 1 aliphatic heterocycles. The normalized spacial score (nSPS) is 23.1. The third-order valence-corrected chi connectivity index (χ3v) is 3.66. The summed E-state index contributed by atoms with van der Waals surface area (Å²) in [7, 11) is 0. The van der Waals surface area contributed by atoms with Crippen LogP contribution in [0.4, 0.5) is 5.69 Å². The van der Waals surface area contributed by atoms with Crippen molar-refractivity contribution < 1.29 is 0 Å².